The van der Waals surface area contributed by atoms with E-state index in [2.05, 4.69) is 29.1 Å². The summed E-state index contributed by atoms with van der Waals surface area (Å²) in [5.74, 6) is -1.55. The Balaban J connectivity index is 2.70. The molecule has 1 rings (SSSR count). The molecule has 0 radical (unpaired) electrons. The van der Waals surface area contributed by atoms with Crippen molar-refractivity contribution in [2.24, 2.45) is 10.9 Å². The summed E-state index contributed by atoms with van der Waals surface area (Å²) in [6, 6.07) is -0.0350. The summed E-state index contributed by atoms with van der Waals surface area (Å²) >= 11 is 5.10. The molecule has 1 saturated heterocycles. The van der Waals surface area contributed by atoms with Crippen molar-refractivity contribution in [3.8, 4) is 0 Å². The first-order valence-corrected chi connectivity index (χ1v) is 8.27. The molecule has 124 valence electrons. The van der Waals surface area contributed by atoms with Crippen molar-refractivity contribution >= 4 is 35.4 Å². The highest BCUT2D eigenvalue weighted by Gasteiger charge is 2.39. The number of hydrogen-bond donors (Lipinski definition) is 1. The molecule has 1 fully saturated rings. The zero-order valence-electron chi connectivity index (χ0n) is 13.8. The van der Waals surface area contributed by atoms with Crippen LogP contribution in [-0.2, 0) is 9.59 Å². The molecule has 1 aliphatic rings. The summed E-state index contributed by atoms with van der Waals surface area (Å²) in [5, 5.41) is 2.78. The number of hydrogen-bond acceptors (Lipinski definition) is 5. The van der Waals surface area contributed by atoms with Gasteiger partial charge in [-0.15, -0.1) is 0 Å². The van der Waals surface area contributed by atoms with E-state index in [-0.39, 0.29) is 23.0 Å². The van der Waals surface area contributed by atoms with Crippen LogP contribution in [0.4, 0.5) is 0 Å². The minimum absolute atomic E-state index is 0.0350. The van der Waals surface area contributed by atoms with E-state index >= 15 is 0 Å². The second-order valence-corrected chi connectivity index (χ2v) is 5.71. The second kappa shape index (κ2) is 8.95. The maximum Gasteiger partial charge on any atom is 0.247 e. The molecule has 22 heavy (non-hydrogen) atoms. The van der Waals surface area contributed by atoms with Crippen molar-refractivity contribution < 1.29 is 9.59 Å². The molecule has 0 aromatic heterocycles. The van der Waals surface area contributed by atoms with E-state index in [0.717, 1.165) is 26.1 Å². The smallest absolute Gasteiger partial charge is 0.247 e. The minimum atomic E-state index is -0.877. The number of carbonyl (C=O) groups is 2. The Kier molecular flexibility index (Phi) is 7.61. The molecular weight excluding hydrogens is 300 g/mol. The van der Waals surface area contributed by atoms with Crippen molar-refractivity contribution in [1.29, 1.82) is 0 Å². The molecule has 0 unspecified atom stereocenters. The third-order valence-corrected chi connectivity index (χ3v) is 4.26. The van der Waals surface area contributed by atoms with Crippen molar-refractivity contribution in [3.05, 3.63) is 0 Å². The van der Waals surface area contributed by atoms with E-state index in [4.69, 9.17) is 12.2 Å². The van der Waals surface area contributed by atoms with Crippen LogP contribution in [0.5, 0.6) is 0 Å². The predicted octanol–water partition coefficient (Wildman–Crippen LogP) is 1.06. The van der Waals surface area contributed by atoms with E-state index in [1.807, 2.05) is 13.8 Å². The van der Waals surface area contributed by atoms with Crippen LogP contribution in [0.1, 0.15) is 34.1 Å². The van der Waals surface area contributed by atoms with Gasteiger partial charge in [-0.2, -0.15) is 0 Å². The molecule has 1 N–H and O–H groups in total. The van der Waals surface area contributed by atoms with Gasteiger partial charge < -0.3 is 10.2 Å². The van der Waals surface area contributed by atoms with Crippen LogP contribution in [0.25, 0.3) is 0 Å². The number of nitrogens with zero attached hydrogens (tertiary/aromatic N) is 3. The average molecular weight is 326 g/mol. The third kappa shape index (κ3) is 4.58. The number of likely N-dealkylation sites (N-methyl/N-ethyl adjacent to an activating group) is 1. The first-order valence-electron chi connectivity index (χ1n) is 7.86. The highest BCUT2D eigenvalue weighted by atomic mass is 32.1. The molecule has 1 heterocycles. The quantitative estimate of drug-likeness (QED) is 0.411. The molecule has 0 saturated carbocycles. The van der Waals surface area contributed by atoms with E-state index in [9.17, 15) is 9.59 Å². The Morgan fingerprint density at radius 1 is 1.36 bits per heavy atom. The maximum atomic E-state index is 12.5. The van der Waals surface area contributed by atoms with Gasteiger partial charge in [-0.3, -0.25) is 19.5 Å². The first-order chi connectivity index (χ1) is 10.5. The van der Waals surface area contributed by atoms with E-state index < -0.39 is 5.92 Å². The zero-order valence-corrected chi connectivity index (χ0v) is 14.7. The number of carbonyl (C=O) groups excluding carboxylic acids is 2. The molecule has 0 aromatic carbocycles. The summed E-state index contributed by atoms with van der Waals surface area (Å²) in [6.07, 6.45) is 2.23. The van der Waals surface area contributed by atoms with Crippen LogP contribution in [0.3, 0.4) is 0 Å². The summed E-state index contributed by atoms with van der Waals surface area (Å²) in [7, 11) is 0. The molecule has 0 aliphatic carbocycles. The zero-order chi connectivity index (χ0) is 16.7. The summed E-state index contributed by atoms with van der Waals surface area (Å²) < 4.78 is 0. The van der Waals surface area contributed by atoms with E-state index in [1.54, 1.807) is 0 Å². The predicted molar refractivity (Wildman–Crippen MR) is 92.0 cm³/mol. The van der Waals surface area contributed by atoms with Gasteiger partial charge in [0.2, 0.25) is 11.8 Å². The highest BCUT2D eigenvalue weighted by Crippen LogP contribution is 2.14. The third-order valence-electron chi connectivity index (χ3n) is 3.96. The van der Waals surface area contributed by atoms with Crippen LogP contribution in [0, 0.1) is 5.92 Å². The molecule has 0 bridgehead atoms. The van der Waals surface area contributed by atoms with Crippen LogP contribution in [0.15, 0.2) is 4.99 Å². The van der Waals surface area contributed by atoms with E-state index in [1.165, 1.54) is 11.1 Å². The van der Waals surface area contributed by atoms with Gasteiger partial charge in [0.05, 0.1) is 6.54 Å². The van der Waals surface area contributed by atoms with Gasteiger partial charge in [-0.1, -0.05) is 20.8 Å². The topological polar surface area (TPSA) is 65.0 Å². The Morgan fingerprint density at radius 3 is 2.55 bits per heavy atom. The van der Waals surface area contributed by atoms with Gasteiger partial charge in [0, 0.05) is 18.8 Å². The van der Waals surface area contributed by atoms with Gasteiger partial charge in [-0.25, -0.2) is 0 Å². The monoisotopic (exact) mass is 326 g/mol. The Labute approximate surface area is 137 Å². The Hall–Kier alpha value is -1.34. The molecule has 6 nitrogen and oxygen atoms in total. The fourth-order valence-electron chi connectivity index (χ4n) is 2.26. The number of aliphatic imine (C=N–C) groups is 1. The minimum Gasteiger partial charge on any atom is -0.302 e. The average Bonchev–Trinajstić information content (AvgIpc) is 2.49. The lowest BCUT2D eigenvalue weighted by atomic mass is 10.0. The number of amides is 2. The molecule has 7 heteroatoms. The van der Waals surface area contributed by atoms with Crippen LogP contribution < -0.4 is 5.32 Å². The number of nitrogens with one attached hydrogen (secondary N) is 1. The first kappa shape index (κ1) is 18.7. The van der Waals surface area contributed by atoms with E-state index in [0.29, 0.717) is 6.54 Å². The maximum absolute atomic E-state index is 12.5. The van der Waals surface area contributed by atoms with Crippen molar-refractivity contribution in [3.63, 3.8) is 0 Å². The second-order valence-electron chi connectivity index (χ2n) is 5.32. The fraction of sp³-hybridized carbons (Fsp3) is 0.733. The lowest BCUT2D eigenvalue weighted by Gasteiger charge is -2.34. The summed E-state index contributed by atoms with van der Waals surface area (Å²) in [5.41, 5.74) is 0. The van der Waals surface area contributed by atoms with Crippen molar-refractivity contribution in [1.82, 2.24) is 15.1 Å². The largest absolute Gasteiger partial charge is 0.302 e. The van der Waals surface area contributed by atoms with Gasteiger partial charge in [0.15, 0.2) is 11.0 Å². The van der Waals surface area contributed by atoms with Crippen LogP contribution in [0.2, 0.25) is 0 Å². The lowest BCUT2D eigenvalue weighted by Crippen LogP contribution is -2.60. The van der Waals surface area contributed by atoms with Gasteiger partial charge in [0.1, 0.15) is 0 Å². The summed E-state index contributed by atoms with van der Waals surface area (Å²) in [4.78, 5) is 32.4. The molecular formula is C15H26N4O2S. The molecule has 1 aliphatic heterocycles. The van der Waals surface area contributed by atoms with Crippen LogP contribution in [-0.4, -0.2) is 65.2 Å². The van der Waals surface area contributed by atoms with Gasteiger partial charge in [-0.05, 0) is 38.7 Å². The van der Waals surface area contributed by atoms with Gasteiger partial charge >= 0.3 is 0 Å². The standard InChI is InChI=1S/C15H26N4O2S/c1-5-11(4)19-14(21)12(13(20)17-15(19)22)10-16-8-9-18(6-2)7-3/h10-12H,5-9H2,1-4H3,(H,17,20,22)/t11-,12-/m0/s1. The Morgan fingerprint density at radius 2 is 2.00 bits per heavy atom. The van der Waals surface area contributed by atoms with Crippen molar-refractivity contribution in [2.75, 3.05) is 26.2 Å². The number of rotatable bonds is 8. The SMILES string of the molecule is CC[C@H](C)N1C(=O)[C@@H](C=NCCN(CC)CC)C(=O)NC1=S. The van der Waals surface area contributed by atoms with Gasteiger partial charge in [0.25, 0.3) is 0 Å². The molecule has 2 atom stereocenters. The summed E-state index contributed by atoms with van der Waals surface area (Å²) in [6.45, 7) is 11.4. The lowest BCUT2D eigenvalue weighted by molar-refractivity contribution is -0.139. The highest BCUT2D eigenvalue weighted by molar-refractivity contribution is 7.80. The normalized spacial score (nSPS) is 20.9. The molecule has 2 amide bonds. The fourth-order valence-corrected chi connectivity index (χ4v) is 2.63. The van der Waals surface area contributed by atoms with Crippen molar-refractivity contribution in [2.45, 2.75) is 40.2 Å². The molecule has 0 aromatic rings. The number of thiocarbonyl (C=S) groups is 1. The van der Waals surface area contributed by atoms with Crippen LogP contribution >= 0.6 is 12.2 Å². The Bertz CT molecular complexity index is 449. The molecule has 0 spiro atoms.